The van der Waals surface area contributed by atoms with Gasteiger partial charge in [0.25, 0.3) is 0 Å². The van der Waals surface area contributed by atoms with E-state index in [9.17, 15) is 4.39 Å². The average molecular weight is 286 g/mol. The highest BCUT2D eigenvalue weighted by atomic mass is 32.2. The minimum absolute atomic E-state index is 0.286. The number of pyridine rings is 1. The predicted molar refractivity (Wildman–Crippen MR) is 75.7 cm³/mol. The van der Waals surface area contributed by atoms with E-state index in [-0.39, 0.29) is 5.82 Å². The molecule has 0 bridgehead atoms. The van der Waals surface area contributed by atoms with Gasteiger partial charge >= 0.3 is 0 Å². The molecule has 20 heavy (non-hydrogen) atoms. The van der Waals surface area contributed by atoms with E-state index in [1.54, 1.807) is 42.5 Å². The minimum atomic E-state index is -0.286. The first-order chi connectivity index (χ1) is 9.81. The van der Waals surface area contributed by atoms with E-state index >= 15 is 0 Å². The smallest absolute Gasteiger partial charge is 0.205 e. The summed E-state index contributed by atoms with van der Waals surface area (Å²) in [5.41, 5.74) is 0.692. The number of nitrogens with zero attached hydrogens (tertiary/aromatic N) is 2. The van der Waals surface area contributed by atoms with Crippen LogP contribution in [-0.4, -0.2) is 9.97 Å². The first-order valence-corrected chi connectivity index (χ1v) is 7.03. The molecule has 3 aromatic rings. The van der Waals surface area contributed by atoms with Gasteiger partial charge in [-0.15, -0.1) is 11.8 Å². The van der Waals surface area contributed by atoms with Crippen molar-refractivity contribution in [3.63, 3.8) is 0 Å². The third-order valence-corrected chi connectivity index (χ3v) is 3.67. The van der Waals surface area contributed by atoms with Crippen LogP contribution in [0.5, 0.6) is 0 Å². The van der Waals surface area contributed by atoms with Crippen LogP contribution < -0.4 is 0 Å². The predicted octanol–water partition coefficient (Wildman–Crippen LogP) is 4.17. The summed E-state index contributed by atoms with van der Waals surface area (Å²) in [7, 11) is 0. The van der Waals surface area contributed by atoms with Gasteiger partial charge in [-0.05, 0) is 24.3 Å². The molecule has 3 nitrogen and oxygen atoms in total. The summed E-state index contributed by atoms with van der Waals surface area (Å²) >= 11 is 1.61. The van der Waals surface area contributed by atoms with E-state index in [1.807, 2.05) is 12.1 Å². The molecular weight excluding hydrogens is 275 g/mol. The van der Waals surface area contributed by atoms with Crippen LogP contribution in [0.2, 0.25) is 0 Å². The zero-order valence-corrected chi connectivity index (χ0v) is 11.3. The van der Waals surface area contributed by atoms with Gasteiger partial charge in [0.1, 0.15) is 5.82 Å². The molecule has 0 aliphatic carbocycles. The van der Waals surface area contributed by atoms with E-state index in [4.69, 9.17) is 4.42 Å². The molecule has 0 amide bonds. The Balaban J connectivity index is 1.71. The Bertz CT molecular complexity index is 700. The molecule has 5 heteroatoms. The molecular formula is C15H11FN2OS. The number of aromatic nitrogens is 2. The first-order valence-electron chi connectivity index (χ1n) is 6.05. The van der Waals surface area contributed by atoms with Crippen molar-refractivity contribution in [2.75, 3.05) is 0 Å². The summed E-state index contributed by atoms with van der Waals surface area (Å²) in [4.78, 5) is 9.28. The molecule has 3 rings (SSSR count). The molecule has 0 saturated carbocycles. The molecule has 2 aromatic heterocycles. The normalized spacial score (nSPS) is 10.7. The van der Waals surface area contributed by atoms with E-state index < -0.39 is 0 Å². The Morgan fingerprint density at radius 2 is 2.00 bits per heavy atom. The van der Waals surface area contributed by atoms with Crippen molar-refractivity contribution >= 4 is 11.8 Å². The maximum atomic E-state index is 13.2. The van der Waals surface area contributed by atoms with Crippen LogP contribution in [-0.2, 0) is 5.75 Å². The Labute approximate surface area is 119 Å². The van der Waals surface area contributed by atoms with Crippen LogP contribution in [0.3, 0.4) is 0 Å². The topological polar surface area (TPSA) is 38.9 Å². The highest BCUT2D eigenvalue weighted by Crippen LogP contribution is 2.25. The second-order valence-electron chi connectivity index (χ2n) is 4.10. The number of oxazole rings is 1. The summed E-state index contributed by atoms with van der Waals surface area (Å²) in [5.74, 6) is 1.53. The molecule has 0 aliphatic rings. The fourth-order valence-electron chi connectivity index (χ4n) is 1.73. The van der Waals surface area contributed by atoms with Crippen LogP contribution >= 0.6 is 11.8 Å². The summed E-state index contributed by atoms with van der Waals surface area (Å²) in [6.07, 6.45) is 5.11. The lowest BCUT2D eigenvalue weighted by atomic mass is 10.2. The molecule has 0 atom stereocenters. The SMILES string of the molecule is Fc1cccc(-c2cnc(CSc3ccncc3)o2)c1. The van der Waals surface area contributed by atoms with Crippen LogP contribution in [0.15, 0.2) is 64.3 Å². The molecule has 2 heterocycles. The monoisotopic (exact) mass is 286 g/mol. The standard InChI is InChI=1S/C15H11FN2OS/c16-12-3-1-2-11(8-12)14-9-18-15(19-14)10-20-13-4-6-17-7-5-13/h1-9H,10H2. The van der Waals surface area contributed by atoms with Crippen LogP contribution in [0.25, 0.3) is 11.3 Å². The van der Waals surface area contributed by atoms with Gasteiger partial charge in [-0.2, -0.15) is 0 Å². The van der Waals surface area contributed by atoms with Crippen LogP contribution in [0.1, 0.15) is 5.89 Å². The number of rotatable bonds is 4. The Morgan fingerprint density at radius 3 is 2.80 bits per heavy atom. The maximum absolute atomic E-state index is 13.2. The lowest BCUT2D eigenvalue weighted by Crippen LogP contribution is -1.79. The first kappa shape index (κ1) is 12.9. The zero-order valence-electron chi connectivity index (χ0n) is 10.5. The van der Waals surface area contributed by atoms with Crippen LogP contribution in [0.4, 0.5) is 4.39 Å². The third kappa shape index (κ3) is 3.05. The molecule has 100 valence electrons. The number of hydrogen-bond acceptors (Lipinski definition) is 4. The number of thioether (sulfide) groups is 1. The third-order valence-electron chi connectivity index (χ3n) is 2.67. The van der Waals surface area contributed by atoms with Gasteiger partial charge in [-0.1, -0.05) is 12.1 Å². The molecule has 1 aromatic carbocycles. The largest absolute Gasteiger partial charge is 0.440 e. The van der Waals surface area contributed by atoms with Crippen molar-refractivity contribution in [2.24, 2.45) is 0 Å². The van der Waals surface area contributed by atoms with E-state index in [1.165, 1.54) is 12.1 Å². The van der Waals surface area contributed by atoms with Crippen molar-refractivity contribution in [3.8, 4) is 11.3 Å². The molecule has 0 aliphatic heterocycles. The fourth-order valence-corrected chi connectivity index (χ4v) is 2.47. The Hall–Kier alpha value is -2.14. The quantitative estimate of drug-likeness (QED) is 0.675. The van der Waals surface area contributed by atoms with E-state index in [2.05, 4.69) is 9.97 Å². The molecule has 0 N–H and O–H groups in total. The van der Waals surface area contributed by atoms with Crippen molar-refractivity contribution in [3.05, 3.63) is 66.7 Å². The zero-order chi connectivity index (χ0) is 13.8. The average Bonchev–Trinajstić information content (AvgIpc) is 2.95. The van der Waals surface area contributed by atoms with Gasteiger partial charge in [-0.3, -0.25) is 4.98 Å². The van der Waals surface area contributed by atoms with Gasteiger partial charge < -0.3 is 4.42 Å². The second-order valence-corrected chi connectivity index (χ2v) is 5.15. The summed E-state index contributed by atoms with van der Waals surface area (Å²) in [5, 5.41) is 0. The summed E-state index contributed by atoms with van der Waals surface area (Å²) < 4.78 is 18.8. The summed E-state index contributed by atoms with van der Waals surface area (Å²) in [6.45, 7) is 0. The van der Waals surface area contributed by atoms with Crippen molar-refractivity contribution < 1.29 is 8.81 Å². The highest BCUT2D eigenvalue weighted by molar-refractivity contribution is 7.98. The van der Waals surface area contributed by atoms with Crippen molar-refractivity contribution in [1.29, 1.82) is 0 Å². The van der Waals surface area contributed by atoms with Gasteiger partial charge in [0.2, 0.25) is 5.89 Å². The van der Waals surface area contributed by atoms with Crippen LogP contribution in [0, 0.1) is 5.82 Å². The van der Waals surface area contributed by atoms with Gasteiger partial charge in [0.05, 0.1) is 11.9 Å². The molecule has 0 unspecified atom stereocenters. The minimum Gasteiger partial charge on any atom is -0.440 e. The van der Waals surface area contributed by atoms with E-state index in [0.717, 1.165) is 4.90 Å². The van der Waals surface area contributed by atoms with Crippen molar-refractivity contribution in [1.82, 2.24) is 9.97 Å². The molecule has 0 saturated heterocycles. The van der Waals surface area contributed by atoms with E-state index in [0.29, 0.717) is 23.0 Å². The molecule has 0 radical (unpaired) electrons. The van der Waals surface area contributed by atoms with Gasteiger partial charge in [0.15, 0.2) is 5.76 Å². The number of hydrogen-bond donors (Lipinski definition) is 0. The molecule has 0 spiro atoms. The molecule has 0 fully saturated rings. The Morgan fingerprint density at radius 1 is 1.15 bits per heavy atom. The van der Waals surface area contributed by atoms with Gasteiger partial charge in [-0.25, -0.2) is 9.37 Å². The second kappa shape index (κ2) is 5.88. The fraction of sp³-hybridized carbons (Fsp3) is 0.0667. The van der Waals surface area contributed by atoms with Gasteiger partial charge in [0, 0.05) is 22.9 Å². The Kier molecular flexibility index (Phi) is 3.78. The summed E-state index contributed by atoms with van der Waals surface area (Å²) in [6, 6.07) is 10.1. The number of halogens is 1. The number of benzene rings is 1. The maximum Gasteiger partial charge on any atom is 0.205 e. The lowest BCUT2D eigenvalue weighted by Gasteiger charge is -1.98. The van der Waals surface area contributed by atoms with Crippen molar-refractivity contribution in [2.45, 2.75) is 10.6 Å². The lowest BCUT2D eigenvalue weighted by molar-refractivity contribution is 0.529. The highest BCUT2D eigenvalue weighted by Gasteiger charge is 2.07.